The zero-order valence-corrected chi connectivity index (χ0v) is 11.5. The molecule has 0 amide bonds. The molecule has 2 N–H and O–H groups in total. The number of hydrogen-bond acceptors (Lipinski definition) is 3. The number of para-hydroxylation sites is 1. The Morgan fingerprint density at radius 2 is 2.17 bits per heavy atom. The first-order valence-electron chi connectivity index (χ1n) is 6.55. The molecule has 1 saturated heterocycles. The highest BCUT2D eigenvalue weighted by atomic mass is 32.2. The largest absolute Gasteiger partial charge is 0.369 e. The van der Waals surface area contributed by atoms with Crippen LogP contribution in [0.15, 0.2) is 18.2 Å². The fourth-order valence-corrected chi connectivity index (χ4v) is 3.89. The number of aromatic nitrogens is 2. The predicted molar refractivity (Wildman–Crippen MR) is 78.9 cm³/mol. The van der Waals surface area contributed by atoms with Crippen LogP contribution in [0, 0.1) is 12.8 Å². The summed E-state index contributed by atoms with van der Waals surface area (Å²) in [5.74, 6) is 4.00. The standard InChI is InChI=1S/C14H19N3S/c1-10-3-2-4-12-13(10)16-14(15)17(12)9-11-5-7-18-8-6-11/h2-4,11H,5-9H2,1H3,(H2,15,16). The molecule has 0 saturated carbocycles. The Labute approximate surface area is 112 Å². The van der Waals surface area contributed by atoms with Crippen LogP contribution >= 0.6 is 11.8 Å². The molecule has 1 aromatic heterocycles. The highest BCUT2D eigenvalue weighted by molar-refractivity contribution is 7.99. The minimum Gasteiger partial charge on any atom is -0.369 e. The van der Waals surface area contributed by atoms with E-state index in [4.69, 9.17) is 5.73 Å². The SMILES string of the molecule is Cc1cccc2c1nc(N)n2CC1CCSCC1. The first-order chi connectivity index (χ1) is 8.75. The van der Waals surface area contributed by atoms with E-state index in [1.54, 1.807) is 0 Å². The van der Waals surface area contributed by atoms with E-state index in [0.717, 1.165) is 18.0 Å². The Bertz CT molecular complexity index is 555. The minimum atomic E-state index is 0.664. The van der Waals surface area contributed by atoms with Gasteiger partial charge in [0.25, 0.3) is 0 Å². The lowest BCUT2D eigenvalue weighted by Crippen LogP contribution is -2.17. The summed E-state index contributed by atoms with van der Waals surface area (Å²) >= 11 is 2.07. The number of anilines is 1. The average molecular weight is 261 g/mol. The van der Waals surface area contributed by atoms with Crippen molar-refractivity contribution in [2.24, 2.45) is 5.92 Å². The van der Waals surface area contributed by atoms with E-state index in [0.29, 0.717) is 5.95 Å². The number of benzene rings is 1. The van der Waals surface area contributed by atoms with E-state index < -0.39 is 0 Å². The van der Waals surface area contributed by atoms with Gasteiger partial charge in [0.1, 0.15) is 0 Å². The lowest BCUT2D eigenvalue weighted by molar-refractivity contribution is 0.425. The van der Waals surface area contributed by atoms with E-state index >= 15 is 0 Å². The molecule has 0 spiro atoms. The number of aryl methyl sites for hydroxylation is 1. The summed E-state index contributed by atoms with van der Waals surface area (Å²) in [6.07, 6.45) is 2.60. The molecule has 3 nitrogen and oxygen atoms in total. The van der Waals surface area contributed by atoms with Crippen LogP contribution in [-0.4, -0.2) is 21.1 Å². The molecule has 1 aliphatic heterocycles. The summed E-state index contributed by atoms with van der Waals surface area (Å²) in [5.41, 5.74) is 9.53. The van der Waals surface area contributed by atoms with Crippen LogP contribution in [0.3, 0.4) is 0 Å². The van der Waals surface area contributed by atoms with Gasteiger partial charge in [0.2, 0.25) is 5.95 Å². The Balaban J connectivity index is 1.95. The van der Waals surface area contributed by atoms with Gasteiger partial charge in [-0.05, 0) is 48.8 Å². The van der Waals surface area contributed by atoms with Crippen LogP contribution in [0.1, 0.15) is 18.4 Å². The molecule has 1 aromatic carbocycles. The molecule has 18 heavy (non-hydrogen) atoms. The first kappa shape index (κ1) is 11.9. The maximum Gasteiger partial charge on any atom is 0.201 e. The zero-order valence-electron chi connectivity index (χ0n) is 10.7. The number of nitrogens with zero attached hydrogens (tertiary/aromatic N) is 2. The molecule has 2 heterocycles. The second-order valence-electron chi connectivity index (χ2n) is 5.08. The monoisotopic (exact) mass is 261 g/mol. The van der Waals surface area contributed by atoms with Crippen molar-refractivity contribution < 1.29 is 0 Å². The molecule has 0 unspecified atom stereocenters. The van der Waals surface area contributed by atoms with Crippen LogP contribution in [0.2, 0.25) is 0 Å². The summed E-state index contributed by atoms with van der Waals surface area (Å²) in [6.45, 7) is 3.11. The molecule has 3 rings (SSSR count). The van der Waals surface area contributed by atoms with Crippen LogP contribution in [-0.2, 0) is 6.54 Å². The molecular weight excluding hydrogens is 242 g/mol. The Hall–Kier alpha value is -1.16. The zero-order chi connectivity index (χ0) is 12.5. The normalized spacial score (nSPS) is 17.4. The molecule has 0 bridgehead atoms. The van der Waals surface area contributed by atoms with Gasteiger partial charge in [0.15, 0.2) is 0 Å². The van der Waals surface area contributed by atoms with Crippen LogP contribution in [0.4, 0.5) is 5.95 Å². The third-order valence-corrected chi connectivity index (χ3v) is 4.84. The van der Waals surface area contributed by atoms with Crippen molar-refractivity contribution in [3.8, 4) is 0 Å². The van der Waals surface area contributed by atoms with Crippen LogP contribution in [0.5, 0.6) is 0 Å². The van der Waals surface area contributed by atoms with E-state index in [-0.39, 0.29) is 0 Å². The maximum atomic E-state index is 6.09. The van der Waals surface area contributed by atoms with Gasteiger partial charge < -0.3 is 10.3 Å². The van der Waals surface area contributed by atoms with Gasteiger partial charge in [-0.25, -0.2) is 4.98 Å². The lowest BCUT2D eigenvalue weighted by atomic mass is 10.0. The van der Waals surface area contributed by atoms with Crippen molar-refractivity contribution in [2.45, 2.75) is 26.3 Å². The highest BCUT2D eigenvalue weighted by Crippen LogP contribution is 2.27. The molecule has 2 aromatic rings. The fraction of sp³-hybridized carbons (Fsp3) is 0.500. The highest BCUT2D eigenvalue weighted by Gasteiger charge is 2.17. The van der Waals surface area contributed by atoms with Gasteiger partial charge in [-0.1, -0.05) is 12.1 Å². The third kappa shape index (κ3) is 2.09. The topological polar surface area (TPSA) is 43.8 Å². The second-order valence-corrected chi connectivity index (χ2v) is 6.30. The number of rotatable bonds is 2. The lowest BCUT2D eigenvalue weighted by Gasteiger charge is -2.22. The number of thioether (sulfide) groups is 1. The van der Waals surface area contributed by atoms with Crippen molar-refractivity contribution in [1.29, 1.82) is 0 Å². The van der Waals surface area contributed by atoms with Gasteiger partial charge in [0.05, 0.1) is 11.0 Å². The van der Waals surface area contributed by atoms with Crippen LogP contribution in [0.25, 0.3) is 11.0 Å². The summed E-state index contributed by atoms with van der Waals surface area (Å²) < 4.78 is 2.20. The molecule has 0 aliphatic carbocycles. The summed E-state index contributed by atoms with van der Waals surface area (Å²) in [6, 6.07) is 6.31. The van der Waals surface area contributed by atoms with E-state index in [9.17, 15) is 0 Å². The van der Waals surface area contributed by atoms with Crippen molar-refractivity contribution in [1.82, 2.24) is 9.55 Å². The van der Waals surface area contributed by atoms with Gasteiger partial charge in [-0.15, -0.1) is 0 Å². The van der Waals surface area contributed by atoms with Gasteiger partial charge >= 0.3 is 0 Å². The molecule has 0 radical (unpaired) electrons. The van der Waals surface area contributed by atoms with Crippen molar-refractivity contribution in [3.63, 3.8) is 0 Å². The molecule has 4 heteroatoms. The number of nitrogen functional groups attached to an aromatic ring is 1. The molecule has 96 valence electrons. The quantitative estimate of drug-likeness (QED) is 0.903. The number of nitrogens with two attached hydrogens (primary N) is 1. The van der Waals surface area contributed by atoms with Gasteiger partial charge in [-0.2, -0.15) is 11.8 Å². The van der Waals surface area contributed by atoms with Gasteiger partial charge in [-0.3, -0.25) is 0 Å². The summed E-state index contributed by atoms with van der Waals surface area (Å²) in [7, 11) is 0. The van der Waals surface area contributed by atoms with Gasteiger partial charge in [0, 0.05) is 6.54 Å². The predicted octanol–water partition coefficient (Wildman–Crippen LogP) is 3.07. The second kappa shape index (κ2) is 4.84. The summed E-state index contributed by atoms with van der Waals surface area (Å²) in [4.78, 5) is 4.51. The molecule has 1 fully saturated rings. The summed E-state index contributed by atoms with van der Waals surface area (Å²) in [5, 5.41) is 0. The van der Waals surface area contributed by atoms with E-state index in [1.807, 2.05) is 0 Å². The Kier molecular flexibility index (Phi) is 3.20. The molecule has 0 atom stereocenters. The van der Waals surface area contributed by atoms with Crippen molar-refractivity contribution in [2.75, 3.05) is 17.2 Å². The first-order valence-corrected chi connectivity index (χ1v) is 7.70. The number of fused-ring (bicyclic) bond motifs is 1. The maximum absolute atomic E-state index is 6.09. The smallest absolute Gasteiger partial charge is 0.201 e. The van der Waals surface area contributed by atoms with Crippen molar-refractivity contribution >= 4 is 28.7 Å². The average Bonchev–Trinajstić information content (AvgIpc) is 2.70. The third-order valence-electron chi connectivity index (χ3n) is 3.79. The minimum absolute atomic E-state index is 0.664. The van der Waals surface area contributed by atoms with Crippen molar-refractivity contribution in [3.05, 3.63) is 23.8 Å². The van der Waals surface area contributed by atoms with E-state index in [1.165, 1.54) is 35.4 Å². The van der Waals surface area contributed by atoms with Crippen LogP contribution < -0.4 is 5.73 Å². The Morgan fingerprint density at radius 1 is 1.39 bits per heavy atom. The number of imidazole rings is 1. The molecular formula is C14H19N3S. The van der Waals surface area contributed by atoms with E-state index in [2.05, 4.69) is 46.4 Å². The fourth-order valence-electron chi connectivity index (χ4n) is 2.68. The number of hydrogen-bond donors (Lipinski definition) is 1. The molecule has 1 aliphatic rings. The Morgan fingerprint density at radius 3 is 2.94 bits per heavy atom.